The Kier molecular flexibility index (Phi) is 5.83. The van der Waals surface area contributed by atoms with Crippen molar-refractivity contribution < 1.29 is 13.9 Å². The van der Waals surface area contributed by atoms with Crippen molar-refractivity contribution in [1.29, 1.82) is 0 Å². The molecule has 1 atom stereocenters. The van der Waals surface area contributed by atoms with E-state index < -0.39 is 0 Å². The summed E-state index contributed by atoms with van der Waals surface area (Å²) in [5.41, 5.74) is 2.83. The van der Waals surface area contributed by atoms with E-state index in [1.165, 1.54) is 0 Å². The second-order valence-corrected chi connectivity index (χ2v) is 7.47. The molecule has 0 unspecified atom stereocenters. The second-order valence-electron chi connectivity index (χ2n) is 7.47. The van der Waals surface area contributed by atoms with Gasteiger partial charge in [0.05, 0.1) is 25.8 Å². The van der Waals surface area contributed by atoms with Crippen molar-refractivity contribution in [2.24, 2.45) is 0 Å². The summed E-state index contributed by atoms with van der Waals surface area (Å²) >= 11 is 0. The van der Waals surface area contributed by atoms with E-state index in [2.05, 4.69) is 10.2 Å². The number of hydrogen-bond donors (Lipinski definition) is 1. The van der Waals surface area contributed by atoms with E-state index in [9.17, 15) is 4.79 Å². The smallest absolute Gasteiger partial charge is 0.238 e. The Morgan fingerprint density at radius 3 is 2.59 bits per heavy atom. The van der Waals surface area contributed by atoms with Crippen LogP contribution in [0.15, 0.2) is 59.0 Å². The number of furan rings is 1. The van der Waals surface area contributed by atoms with Gasteiger partial charge in [-0.3, -0.25) is 9.69 Å². The Morgan fingerprint density at radius 2 is 1.86 bits per heavy atom. The number of carbonyl (C=O) groups excluding carboxylic acids is 1. The number of likely N-dealkylation sites (N-methyl/N-ethyl adjacent to an activating group) is 1. The van der Waals surface area contributed by atoms with E-state index in [1.54, 1.807) is 0 Å². The SMILES string of the molecule is C[C@H](c1cc2ccccc2o1)N(C)CC(=O)Nc1ccc(N2CCOCC2)cc1. The number of para-hydroxylation sites is 1. The van der Waals surface area contributed by atoms with Crippen LogP contribution in [-0.4, -0.2) is 50.7 Å². The lowest BCUT2D eigenvalue weighted by atomic mass is 10.2. The van der Waals surface area contributed by atoms with Crippen LogP contribution in [0.2, 0.25) is 0 Å². The first kappa shape index (κ1) is 19.5. The van der Waals surface area contributed by atoms with E-state index in [-0.39, 0.29) is 18.5 Å². The van der Waals surface area contributed by atoms with Gasteiger partial charge in [0.1, 0.15) is 11.3 Å². The zero-order valence-corrected chi connectivity index (χ0v) is 16.9. The number of morpholine rings is 1. The van der Waals surface area contributed by atoms with Crippen molar-refractivity contribution in [2.45, 2.75) is 13.0 Å². The number of hydrogen-bond acceptors (Lipinski definition) is 5. The third-order valence-corrected chi connectivity index (χ3v) is 5.44. The number of fused-ring (bicyclic) bond motifs is 1. The predicted molar refractivity (Wildman–Crippen MR) is 115 cm³/mol. The van der Waals surface area contributed by atoms with Crippen molar-refractivity contribution in [2.75, 3.05) is 50.1 Å². The Balaban J connectivity index is 1.33. The maximum atomic E-state index is 12.5. The third-order valence-electron chi connectivity index (χ3n) is 5.44. The fourth-order valence-corrected chi connectivity index (χ4v) is 3.57. The maximum Gasteiger partial charge on any atom is 0.238 e. The summed E-state index contributed by atoms with van der Waals surface area (Å²) in [6.07, 6.45) is 0. The zero-order valence-electron chi connectivity index (χ0n) is 16.9. The van der Waals surface area contributed by atoms with Gasteiger partial charge in [0, 0.05) is 29.9 Å². The normalized spacial score (nSPS) is 15.6. The molecule has 0 saturated carbocycles. The average Bonchev–Trinajstić information content (AvgIpc) is 3.18. The first-order chi connectivity index (χ1) is 14.1. The highest BCUT2D eigenvalue weighted by Crippen LogP contribution is 2.26. The van der Waals surface area contributed by atoms with Crippen molar-refractivity contribution >= 4 is 28.3 Å². The number of rotatable bonds is 6. The van der Waals surface area contributed by atoms with Gasteiger partial charge >= 0.3 is 0 Å². The van der Waals surface area contributed by atoms with E-state index >= 15 is 0 Å². The molecule has 2 aromatic carbocycles. The molecule has 1 aliphatic heterocycles. The first-order valence-corrected chi connectivity index (χ1v) is 10.0. The van der Waals surface area contributed by atoms with E-state index in [0.717, 1.165) is 54.4 Å². The van der Waals surface area contributed by atoms with E-state index in [4.69, 9.17) is 9.15 Å². The summed E-state index contributed by atoms with van der Waals surface area (Å²) in [7, 11) is 1.93. The maximum absolute atomic E-state index is 12.5. The fraction of sp³-hybridized carbons (Fsp3) is 0.348. The molecular formula is C23H27N3O3. The van der Waals surface area contributed by atoms with Crippen LogP contribution in [0.4, 0.5) is 11.4 Å². The molecule has 1 fully saturated rings. The summed E-state index contributed by atoms with van der Waals surface area (Å²) in [6, 6.07) is 18.0. The fourth-order valence-electron chi connectivity index (χ4n) is 3.57. The van der Waals surface area contributed by atoms with Crippen molar-refractivity contribution in [1.82, 2.24) is 4.90 Å². The Hall–Kier alpha value is -2.83. The minimum absolute atomic E-state index is 0.00292. The largest absolute Gasteiger partial charge is 0.459 e. The molecule has 1 aliphatic rings. The van der Waals surface area contributed by atoms with Gasteiger partial charge in [0.2, 0.25) is 5.91 Å². The average molecular weight is 393 g/mol. The molecule has 1 saturated heterocycles. The van der Waals surface area contributed by atoms with Gasteiger partial charge in [-0.25, -0.2) is 0 Å². The van der Waals surface area contributed by atoms with Crippen LogP contribution in [-0.2, 0) is 9.53 Å². The topological polar surface area (TPSA) is 58.0 Å². The number of ether oxygens (including phenoxy) is 1. The molecule has 0 aliphatic carbocycles. The van der Waals surface area contributed by atoms with Gasteiger partial charge in [-0.1, -0.05) is 18.2 Å². The summed E-state index contributed by atoms with van der Waals surface area (Å²) in [5, 5.41) is 4.06. The summed E-state index contributed by atoms with van der Waals surface area (Å²) in [5.74, 6) is 0.811. The molecule has 1 amide bonds. The molecule has 4 rings (SSSR count). The van der Waals surface area contributed by atoms with Gasteiger partial charge in [0.25, 0.3) is 0 Å². The number of nitrogens with zero attached hydrogens (tertiary/aromatic N) is 2. The van der Waals surface area contributed by atoms with Gasteiger partial charge in [-0.2, -0.15) is 0 Å². The van der Waals surface area contributed by atoms with E-state index in [1.807, 2.05) is 73.5 Å². The quantitative estimate of drug-likeness (QED) is 0.688. The van der Waals surface area contributed by atoms with Crippen LogP contribution in [0.3, 0.4) is 0 Å². The molecule has 3 aromatic rings. The van der Waals surface area contributed by atoms with Crippen LogP contribution in [0.25, 0.3) is 11.0 Å². The molecule has 0 spiro atoms. The van der Waals surface area contributed by atoms with Crippen molar-refractivity contribution in [3.8, 4) is 0 Å². The number of amides is 1. The lowest BCUT2D eigenvalue weighted by molar-refractivity contribution is -0.117. The lowest BCUT2D eigenvalue weighted by Crippen LogP contribution is -2.36. The van der Waals surface area contributed by atoms with Gasteiger partial charge in [0.15, 0.2) is 0 Å². The predicted octanol–water partition coefficient (Wildman–Crippen LogP) is 3.90. The monoisotopic (exact) mass is 393 g/mol. The van der Waals surface area contributed by atoms with Crippen LogP contribution >= 0.6 is 0 Å². The van der Waals surface area contributed by atoms with Crippen LogP contribution in [0.5, 0.6) is 0 Å². The van der Waals surface area contributed by atoms with Crippen LogP contribution in [0.1, 0.15) is 18.7 Å². The highest BCUT2D eigenvalue weighted by Gasteiger charge is 2.19. The van der Waals surface area contributed by atoms with Crippen molar-refractivity contribution in [3.05, 3.63) is 60.4 Å². The number of carbonyl (C=O) groups is 1. The third kappa shape index (κ3) is 4.60. The number of anilines is 2. The molecule has 1 aromatic heterocycles. The zero-order chi connectivity index (χ0) is 20.2. The van der Waals surface area contributed by atoms with Crippen molar-refractivity contribution in [3.63, 3.8) is 0 Å². The summed E-state index contributed by atoms with van der Waals surface area (Å²) in [6.45, 7) is 5.64. The Bertz CT molecular complexity index is 928. The minimum atomic E-state index is -0.0467. The molecule has 1 N–H and O–H groups in total. The van der Waals surface area contributed by atoms with E-state index in [0.29, 0.717) is 0 Å². The Labute approximate surface area is 171 Å². The van der Waals surface area contributed by atoms with Gasteiger partial charge < -0.3 is 19.4 Å². The highest BCUT2D eigenvalue weighted by atomic mass is 16.5. The molecule has 29 heavy (non-hydrogen) atoms. The molecule has 152 valence electrons. The second kappa shape index (κ2) is 8.68. The molecular weight excluding hydrogens is 366 g/mol. The minimum Gasteiger partial charge on any atom is -0.459 e. The molecule has 6 heteroatoms. The number of benzene rings is 2. The molecule has 6 nitrogen and oxygen atoms in total. The molecule has 2 heterocycles. The van der Waals surface area contributed by atoms with Gasteiger partial charge in [-0.05, 0) is 50.4 Å². The van der Waals surface area contributed by atoms with Crippen LogP contribution in [0, 0.1) is 0 Å². The van der Waals surface area contributed by atoms with Gasteiger partial charge in [-0.15, -0.1) is 0 Å². The molecule has 0 bridgehead atoms. The highest BCUT2D eigenvalue weighted by molar-refractivity contribution is 5.92. The number of nitrogens with one attached hydrogen (secondary N) is 1. The Morgan fingerprint density at radius 1 is 1.14 bits per heavy atom. The lowest BCUT2D eigenvalue weighted by Gasteiger charge is -2.29. The summed E-state index contributed by atoms with van der Waals surface area (Å²) < 4.78 is 11.3. The standard InChI is InChI=1S/C23H27N3O3/c1-17(22-15-18-5-3-4-6-21(18)29-22)25(2)16-23(27)24-19-7-9-20(10-8-19)26-11-13-28-14-12-26/h3-10,15,17H,11-14,16H2,1-2H3,(H,24,27)/t17-/m1/s1. The first-order valence-electron chi connectivity index (χ1n) is 10.0. The summed E-state index contributed by atoms with van der Waals surface area (Å²) in [4.78, 5) is 16.8. The molecule has 0 radical (unpaired) electrons. The van der Waals surface area contributed by atoms with Crippen LogP contribution < -0.4 is 10.2 Å².